The van der Waals surface area contributed by atoms with Crippen LogP contribution in [-0.4, -0.2) is 39.5 Å². The standard InChI is InChI=1S/C33H36N4O3/c1-4-5-22-40-31-30-21-18-28(23-24(2)38)37(30)36-32(34-31)35-33(25-12-8-6-9-13-25,26-14-10-7-11-15-26)27-16-19-29(39-3)20-17-27/h6-21,24,38H,4-5,22-23H2,1-3H3,(H,35,36). The second kappa shape index (κ2) is 12.2. The predicted molar refractivity (Wildman–Crippen MR) is 158 cm³/mol. The Labute approximate surface area is 235 Å². The third-order valence-corrected chi connectivity index (χ3v) is 7.03. The SMILES string of the molecule is CCCCOc1nc(NC(c2ccccc2)(c2ccccc2)c2ccc(OC)cc2)nn2c(CC(C)O)ccc12. The highest BCUT2D eigenvalue weighted by molar-refractivity contribution is 5.62. The Balaban J connectivity index is 1.73. The molecule has 40 heavy (non-hydrogen) atoms. The third-order valence-electron chi connectivity index (χ3n) is 7.03. The minimum atomic E-state index is -0.833. The molecule has 2 heterocycles. The molecule has 0 aliphatic rings. The summed E-state index contributed by atoms with van der Waals surface area (Å²) in [5.74, 6) is 1.69. The van der Waals surface area contributed by atoms with E-state index in [-0.39, 0.29) is 0 Å². The summed E-state index contributed by atoms with van der Waals surface area (Å²) in [6.07, 6.45) is 1.88. The molecule has 1 unspecified atom stereocenters. The Hall–Kier alpha value is -4.36. The average Bonchev–Trinajstić information content (AvgIpc) is 3.39. The Bertz CT molecular complexity index is 1480. The fourth-order valence-electron chi connectivity index (χ4n) is 5.05. The first kappa shape index (κ1) is 27.2. The predicted octanol–water partition coefficient (Wildman–Crippen LogP) is 6.24. The lowest BCUT2D eigenvalue weighted by Gasteiger charge is -2.37. The number of aliphatic hydroxyl groups is 1. The van der Waals surface area contributed by atoms with Crippen molar-refractivity contribution in [2.24, 2.45) is 0 Å². The molecule has 5 aromatic rings. The Kier molecular flexibility index (Phi) is 8.31. The fourth-order valence-corrected chi connectivity index (χ4v) is 5.05. The van der Waals surface area contributed by atoms with Gasteiger partial charge in [0.15, 0.2) is 0 Å². The highest BCUT2D eigenvalue weighted by Crippen LogP contribution is 2.40. The van der Waals surface area contributed by atoms with Crippen molar-refractivity contribution in [1.82, 2.24) is 14.6 Å². The Morgan fingerprint density at radius 2 is 1.50 bits per heavy atom. The number of rotatable bonds is 12. The second-order valence-electron chi connectivity index (χ2n) is 9.95. The van der Waals surface area contributed by atoms with Gasteiger partial charge in [-0.1, -0.05) is 86.1 Å². The van der Waals surface area contributed by atoms with Crippen LogP contribution in [0.25, 0.3) is 5.52 Å². The van der Waals surface area contributed by atoms with Gasteiger partial charge in [-0.25, -0.2) is 4.52 Å². The minimum Gasteiger partial charge on any atom is -0.497 e. The molecule has 0 bridgehead atoms. The van der Waals surface area contributed by atoms with Crippen molar-refractivity contribution >= 4 is 11.5 Å². The van der Waals surface area contributed by atoms with Crippen molar-refractivity contribution in [3.8, 4) is 11.6 Å². The number of anilines is 1. The van der Waals surface area contributed by atoms with Crippen LogP contribution in [0.15, 0.2) is 97.1 Å². The van der Waals surface area contributed by atoms with E-state index in [4.69, 9.17) is 19.6 Å². The van der Waals surface area contributed by atoms with E-state index in [1.165, 1.54) is 0 Å². The summed E-state index contributed by atoms with van der Waals surface area (Å²) in [5, 5.41) is 18.9. The number of nitrogens with zero attached hydrogens (tertiary/aromatic N) is 3. The zero-order chi connectivity index (χ0) is 28.0. The molecular weight excluding hydrogens is 500 g/mol. The highest BCUT2D eigenvalue weighted by Gasteiger charge is 2.37. The summed E-state index contributed by atoms with van der Waals surface area (Å²) in [7, 11) is 1.67. The second-order valence-corrected chi connectivity index (χ2v) is 9.95. The summed E-state index contributed by atoms with van der Waals surface area (Å²) in [5.41, 5.74) is 3.87. The maximum atomic E-state index is 10.2. The number of hydrogen-bond acceptors (Lipinski definition) is 6. The molecule has 0 aliphatic heterocycles. The maximum absolute atomic E-state index is 10.2. The molecule has 7 nitrogen and oxygen atoms in total. The van der Waals surface area contributed by atoms with Crippen molar-refractivity contribution in [3.63, 3.8) is 0 Å². The number of aromatic nitrogens is 3. The van der Waals surface area contributed by atoms with Gasteiger partial charge in [-0.3, -0.25) is 0 Å². The number of nitrogens with one attached hydrogen (secondary N) is 1. The van der Waals surface area contributed by atoms with Crippen LogP contribution in [0.3, 0.4) is 0 Å². The quantitative estimate of drug-likeness (QED) is 0.145. The van der Waals surface area contributed by atoms with Gasteiger partial charge in [0.2, 0.25) is 11.8 Å². The molecule has 0 spiro atoms. The van der Waals surface area contributed by atoms with E-state index in [1.54, 1.807) is 14.0 Å². The Morgan fingerprint density at radius 3 is 2.08 bits per heavy atom. The van der Waals surface area contributed by atoms with Crippen LogP contribution in [0, 0.1) is 0 Å². The molecule has 0 amide bonds. The van der Waals surface area contributed by atoms with Crippen LogP contribution >= 0.6 is 0 Å². The van der Waals surface area contributed by atoms with Gasteiger partial charge < -0.3 is 19.9 Å². The van der Waals surface area contributed by atoms with Crippen molar-refractivity contribution < 1.29 is 14.6 Å². The number of aliphatic hydroxyl groups excluding tert-OH is 1. The summed E-state index contributed by atoms with van der Waals surface area (Å²) in [6, 6.07) is 32.6. The normalized spacial score (nSPS) is 12.3. The van der Waals surface area contributed by atoms with Crippen LogP contribution in [0.2, 0.25) is 0 Å². The molecule has 2 N–H and O–H groups in total. The van der Waals surface area contributed by atoms with Gasteiger partial charge in [-0.05, 0) is 54.3 Å². The van der Waals surface area contributed by atoms with Crippen LogP contribution in [0.4, 0.5) is 5.95 Å². The lowest BCUT2D eigenvalue weighted by Crippen LogP contribution is -2.39. The first-order chi connectivity index (χ1) is 19.5. The van der Waals surface area contributed by atoms with Crippen LogP contribution in [0.5, 0.6) is 11.6 Å². The Morgan fingerprint density at radius 1 is 0.875 bits per heavy atom. The molecule has 7 heteroatoms. The number of methoxy groups -OCH3 is 1. The van der Waals surface area contributed by atoms with E-state index < -0.39 is 11.6 Å². The molecule has 0 saturated carbocycles. The van der Waals surface area contributed by atoms with Crippen LogP contribution in [-0.2, 0) is 12.0 Å². The highest BCUT2D eigenvalue weighted by atomic mass is 16.5. The summed E-state index contributed by atoms with van der Waals surface area (Å²) in [6.45, 7) is 4.46. The molecule has 0 radical (unpaired) electrons. The largest absolute Gasteiger partial charge is 0.497 e. The fraction of sp³-hybridized carbons (Fsp3) is 0.273. The van der Waals surface area contributed by atoms with Gasteiger partial charge in [0, 0.05) is 12.1 Å². The molecule has 3 aromatic carbocycles. The monoisotopic (exact) mass is 536 g/mol. The first-order valence-corrected chi connectivity index (χ1v) is 13.8. The number of unbranched alkanes of at least 4 members (excludes halogenated alkanes) is 1. The molecule has 0 saturated heterocycles. The molecular formula is C33H36N4O3. The number of hydrogen-bond donors (Lipinski definition) is 2. The van der Waals surface area contributed by atoms with Gasteiger partial charge in [-0.15, -0.1) is 5.10 Å². The van der Waals surface area contributed by atoms with E-state index in [2.05, 4.69) is 48.6 Å². The molecule has 206 valence electrons. The van der Waals surface area contributed by atoms with E-state index in [0.29, 0.717) is 24.9 Å². The van der Waals surface area contributed by atoms with Crippen LogP contribution in [0.1, 0.15) is 49.1 Å². The smallest absolute Gasteiger partial charge is 0.245 e. The zero-order valence-corrected chi connectivity index (χ0v) is 23.2. The van der Waals surface area contributed by atoms with Gasteiger partial charge in [0.1, 0.15) is 16.8 Å². The van der Waals surface area contributed by atoms with Gasteiger partial charge in [0.05, 0.1) is 19.8 Å². The molecule has 0 aliphatic carbocycles. The lowest BCUT2D eigenvalue weighted by atomic mass is 9.77. The minimum absolute atomic E-state index is 0.408. The van der Waals surface area contributed by atoms with Gasteiger partial charge >= 0.3 is 0 Å². The van der Waals surface area contributed by atoms with E-state index in [1.807, 2.05) is 65.2 Å². The molecule has 1 atom stereocenters. The molecule has 5 rings (SSSR count). The van der Waals surface area contributed by atoms with Crippen molar-refractivity contribution in [3.05, 3.63) is 119 Å². The third kappa shape index (κ3) is 5.51. The van der Waals surface area contributed by atoms with Crippen LogP contribution < -0.4 is 14.8 Å². The molecule has 2 aromatic heterocycles. The summed E-state index contributed by atoms with van der Waals surface area (Å²) in [4.78, 5) is 4.91. The number of fused-ring (bicyclic) bond motifs is 1. The topological polar surface area (TPSA) is 80.9 Å². The van der Waals surface area contributed by atoms with Crippen molar-refractivity contribution in [1.29, 1.82) is 0 Å². The van der Waals surface area contributed by atoms with E-state index in [0.717, 1.165) is 46.5 Å². The van der Waals surface area contributed by atoms with Gasteiger partial charge in [-0.2, -0.15) is 4.98 Å². The van der Waals surface area contributed by atoms with Crippen molar-refractivity contribution in [2.75, 3.05) is 19.0 Å². The molecule has 0 fully saturated rings. The first-order valence-electron chi connectivity index (χ1n) is 13.8. The summed E-state index contributed by atoms with van der Waals surface area (Å²) >= 11 is 0. The zero-order valence-electron chi connectivity index (χ0n) is 23.2. The van der Waals surface area contributed by atoms with Crippen molar-refractivity contribution in [2.45, 2.75) is 44.8 Å². The van der Waals surface area contributed by atoms with E-state index in [9.17, 15) is 5.11 Å². The summed E-state index contributed by atoms with van der Waals surface area (Å²) < 4.78 is 13.5. The van der Waals surface area contributed by atoms with E-state index >= 15 is 0 Å². The number of benzene rings is 3. The lowest BCUT2D eigenvalue weighted by molar-refractivity contribution is 0.193. The average molecular weight is 537 g/mol. The maximum Gasteiger partial charge on any atom is 0.245 e. The number of ether oxygens (including phenoxy) is 2. The van der Waals surface area contributed by atoms with Gasteiger partial charge in [0.25, 0.3) is 0 Å².